The van der Waals surface area contributed by atoms with Gasteiger partial charge >= 0.3 is 0 Å². The number of amides is 1. The molecule has 0 aromatic heterocycles. The van der Waals surface area contributed by atoms with E-state index in [0.717, 1.165) is 31.2 Å². The smallest absolute Gasteiger partial charge is 0.251 e. The van der Waals surface area contributed by atoms with Gasteiger partial charge in [-0.2, -0.15) is 0 Å². The van der Waals surface area contributed by atoms with Crippen molar-refractivity contribution in [2.75, 3.05) is 13.2 Å². The third kappa shape index (κ3) is 5.50. The molecule has 1 amide bonds. The second kappa shape index (κ2) is 7.85. The van der Waals surface area contributed by atoms with Crippen molar-refractivity contribution in [2.45, 2.75) is 32.6 Å². The highest BCUT2D eigenvalue weighted by Gasteiger charge is 2.03. The van der Waals surface area contributed by atoms with Crippen molar-refractivity contribution in [3.8, 4) is 0 Å². The predicted octanol–water partition coefficient (Wildman–Crippen LogP) is 2.28. The van der Waals surface area contributed by atoms with E-state index in [0.29, 0.717) is 12.1 Å². The summed E-state index contributed by atoms with van der Waals surface area (Å²) < 4.78 is 0. The van der Waals surface area contributed by atoms with Gasteiger partial charge in [0, 0.05) is 18.7 Å². The summed E-state index contributed by atoms with van der Waals surface area (Å²) in [5.41, 5.74) is 1.87. The Labute approximate surface area is 103 Å². The molecule has 0 aliphatic carbocycles. The number of carbonyl (C=O) groups excluding carboxylic acids is 1. The molecule has 0 aliphatic heterocycles. The lowest BCUT2D eigenvalue weighted by Gasteiger charge is -2.05. The fourth-order valence-corrected chi connectivity index (χ4v) is 1.60. The van der Waals surface area contributed by atoms with Gasteiger partial charge in [-0.05, 0) is 31.9 Å². The van der Waals surface area contributed by atoms with E-state index in [4.69, 9.17) is 5.11 Å². The van der Waals surface area contributed by atoms with Crippen LogP contribution >= 0.6 is 0 Å². The van der Waals surface area contributed by atoms with Crippen LogP contribution in [0.3, 0.4) is 0 Å². The first kappa shape index (κ1) is 13.7. The number of aliphatic hydroxyl groups is 1. The molecule has 1 aromatic rings. The number of nitrogens with one attached hydrogen (secondary N) is 1. The van der Waals surface area contributed by atoms with Crippen molar-refractivity contribution in [1.82, 2.24) is 5.32 Å². The first-order valence-corrected chi connectivity index (χ1v) is 6.20. The summed E-state index contributed by atoms with van der Waals surface area (Å²) in [6, 6.07) is 7.57. The van der Waals surface area contributed by atoms with Gasteiger partial charge in [-0.1, -0.05) is 30.5 Å². The number of hydrogen-bond donors (Lipinski definition) is 2. The Kier molecular flexibility index (Phi) is 6.33. The summed E-state index contributed by atoms with van der Waals surface area (Å²) >= 11 is 0. The van der Waals surface area contributed by atoms with Crippen LogP contribution in [0.15, 0.2) is 24.3 Å². The van der Waals surface area contributed by atoms with E-state index in [-0.39, 0.29) is 12.5 Å². The van der Waals surface area contributed by atoms with Gasteiger partial charge < -0.3 is 10.4 Å². The highest BCUT2D eigenvalue weighted by Crippen LogP contribution is 2.03. The molecule has 0 spiro atoms. The zero-order valence-electron chi connectivity index (χ0n) is 10.4. The molecule has 0 atom stereocenters. The first-order valence-electron chi connectivity index (χ1n) is 6.20. The summed E-state index contributed by atoms with van der Waals surface area (Å²) in [4.78, 5) is 11.7. The molecular formula is C14H21NO2. The molecule has 2 N–H and O–H groups in total. The highest BCUT2D eigenvalue weighted by molar-refractivity contribution is 5.94. The molecule has 3 nitrogen and oxygen atoms in total. The van der Waals surface area contributed by atoms with Gasteiger partial charge in [0.15, 0.2) is 0 Å². The van der Waals surface area contributed by atoms with Crippen molar-refractivity contribution in [1.29, 1.82) is 0 Å². The molecule has 0 aliphatic rings. The molecule has 0 bridgehead atoms. The largest absolute Gasteiger partial charge is 0.396 e. The SMILES string of the molecule is Cc1ccc(C(=O)NCCCCCCO)cc1. The Morgan fingerprint density at radius 2 is 1.76 bits per heavy atom. The lowest BCUT2D eigenvalue weighted by molar-refractivity contribution is 0.0953. The van der Waals surface area contributed by atoms with E-state index in [9.17, 15) is 4.79 Å². The zero-order chi connectivity index (χ0) is 12.5. The number of aliphatic hydroxyl groups excluding tert-OH is 1. The lowest BCUT2D eigenvalue weighted by atomic mass is 10.1. The number of carbonyl (C=O) groups is 1. The number of benzene rings is 1. The number of hydrogen-bond acceptors (Lipinski definition) is 2. The summed E-state index contributed by atoms with van der Waals surface area (Å²) in [7, 11) is 0. The molecule has 0 radical (unpaired) electrons. The molecule has 0 heterocycles. The number of unbranched alkanes of at least 4 members (excludes halogenated alkanes) is 3. The zero-order valence-corrected chi connectivity index (χ0v) is 10.4. The van der Waals surface area contributed by atoms with Gasteiger partial charge in [0.05, 0.1) is 0 Å². The van der Waals surface area contributed by atoms with Crippen LogP contribution in [0.25, 0.3) is 0 Å². The molecular weight excluding hydrogens is 214 g/mol. The van der Waals surface area contributed by atoms with Gasteiger partial charge in [-0.3, -0.25) is 4.79 Å². The molecule has 3 heteroatoms. The highest BCUT2D eigenvalue weighted by atomic mass is 16.2. The van der Waals surface area contributed by atoms with E-state index < -0.39 is 0 Å². The van der Waals surface area contributed by atoms with Crippen molar-refractivity contribution in [3.05, 3.63) is 35.4 Å². The Morgan fingerprint density at radius 3 is 2.41 bits per heavy atom. The molecule has 17 heavy (non-hydrogen) atoms. The monoisotopic (exact) mass is 235 g/mol. The van der Waals surface area contributed by atoms with Crippen molar-refractivity contribution in [2.24, 2.45) is 0 Å². The van der Waals surface area contributed by atoms with Crippen LogP contribution in [-0.2, 0) is 0 Å². The second-order valence-corrected chi connectivity index (χ2v) is 4.26. The molecule has 94 valence electrons. The van der Waals surface area contributed by atoms with E-state index in [1.165, 1.54) is 0 Å². The van der Waals surface area contributed by atoms with Crippen LogP contribution in [0, 0.1) is 6.92 Å². The maximum absolute atomic E-state index is 11.7. The van der Waals surface area contributed by atoms with Crippen LogP contribution in [0.4, 0.5) is 0 Å². The summed E-state index contributed by atoms with van der Waals surface area (Å²) in [5, 5.41) is 11.5. The van der Waals surface area contributed by atoms with Gasteiger partial charge in [-0.15, -0.1) is 0 Å². The molecule has 1 rings (SSSR count). The Morgan fingerprint density at radius 1 is 1.12 bits per heavy atom. The third-order valence-electron chi connectivity index (χ3n) is 2.68. The number of aryl methyl sites for hydroxylation is 1. The first-order chi connectivity index (χ1) is 8.24. The van der Waals surface area contributed by atoms with E-state index >= 15 is 0 Å². The van der Waals surface area contributed by atoms with Crippen LogP contribution < -0.4 is 5.32 Å². The predicted molar refractivity (Wildman–Crippen MR) is 69.1 cm³/mol. The maximum atomic E-state index is 11.7. The van der Waals surface area contributed by atoms with E-state index in [1.807, 2.05) is 31.2 Å². The van der Waals surface area contributed by atoms with Crippen molar-refractivity contribution >= 4 is 5.91 Å². The maximum Gasteiger partial charge on any atom is 0.251 e. The molecule has 0 saturated heterocycles. The van der Waals surface area contributed by atoms with Gasteiger partial charge in [-0.25, -0.2) is 0 Å². The van der Waals surface area contributed by atoms with E-state index in [2.05, 4.69) is 5.32 Å². The van der Waals surface area contributed by atoms with Crippen LogP contribution in [0.1, 0.15) is 41.6 Å². The van der Waals surface area contributed by atoms with Crippen LogP contribution in [0.5, 0.6) is 0 Å². The Hall–Kier alpha value is -1.35. The topological polar surface area (TPSA) is 49.3 Å². The molecule has 0 fully saturated rings. The fourth-order valence-electron chi connectivity index (χ4n) is 1.60. The van der Waals surface area contributed by atoms with Gasteiger partial charge in [0.1, 0.15) is 0 Å². The molecule has 0 saturated carbocycles. The fraction of sp³-hybridized carbons (Fsp3) is 0.500. The third-order valence-corrected chi connectivity index (χ3v) is 2.68. The molecule has 0 unspecified atom stereocenters. The van der Waals surface area contributed by atoms with E-state index in [1.54, 1.807) is 0 Å². The van der Waals surface area contributed by atoms with Gasteiger partial charge in [0.2, 0.25) is 0 Å². The second-order valence-electron chi connectivity index (χ2n) is 4.26. The van der Waals surface area contributed by atoms with Crippen molar-refractivity contribution in [3.63, 3.8) is 0 Å². The Bertz CT molecular complexity index is 333. The minimum atomic E-state index is -0.00726. The summed E-state index contributed by atoms with van der Waals surface area (Å²) in [6.07, 6.45) is 3.90. The Balaban J connectivity index is 2.19. The summed E-state index contributed by atoms with van der Waals surface area (Å²) in [5.74, 6) is -0.00726. The quantitative estimate of drug-likeness (QED) is 0.712. The molecule has 1 aromatic carbocycles. The standard InChI is InChI=1S/C14H21NO2/c1-12-6-8-13(9-7-12)14(17)15-10-4-2-3-5-11-16/h6-9,16H,2-5,10-11H2,1H3,(H,15,17). The average molecular weight is 235 g/mol. The van der Waals surface area contributed by atoms with Gasteiger partial charge in [0.25, 0.3) is 5.91 Å². The minimum absolute atomic E-state index is 0.00726. The lowest BCUT2D eigenvalue weighted by Crippen LogP contribution is -2.24. The normalized spacial score (nSPS) is 10.2. The van der Waals surface area contributed by atoms with Crippen LogP contribution in [0.2, 0.25) is 0 Å². The van der Waals surface area contributed by atoms with Crippen LogP contribution in [-0.4, -0.2) is 24.2 Å². The number of rotatable bonds is 7. The van der Waals surface area contributed by atoms with Crippen molar-refractivity contribution < 1.29 is 9.90 Å². The minimum Gasteiger partial charge on any atom is -0.396 e. The summed E-state index contributed by atoms with van der Waals surface area (Å²) in [6.45, 7) is 2.97. The average Bonchev–Trinajstić information content (AvgIpc) is 2.34.